The predicted octanol–water partition coefficient (Wildman–Crippen LogP) is 2.82. The SMILES string of the molecule is O[C@@H]1CCCNc2ccc(OC(F)(F)F)cc21. The maximum absolute atomic E-state index is 12.1. The number of nitrogens with one attached hydrogen (secondary N) is 1. The Labute approximate surface area is 96.2 Å². The molecule has 0 saturated carbocycles. The summed E-state index contributed by atoms with van der Waals surface area (Å²) >= 11 is 0. The number of anilines is 1. The van der Waals surface area contributed by atoms with Crippen molar-refractivity contribution in [2.24, 2.45) is 0 Å². The summed E-state index contributed by atoms with van der Waals surface area (Å²) in [5, 5.41) is 12.8. The molecule has 0 aliphatic carbocycles. The Morgan fingerprint density at radius 3 is 2.82 bits per heavy atom. The minimum Gasteiger partial charge on any atom is -0.406 e. The van der Waals surface area contributed by atoms with Gasteiger partial charge in [0.05, 0.1) is 6.10 Å². The summed E-state index contributed by atoms with van der Waals surface area (Å²) in [6.45, 7) is 0.698. The van der Waals surface area contributed by atoms with Crippen molar-refractivity contribution in [2.75, 3.05) is 11.9 Å². The van der Waals surface area contributed by atoms with Crippen LogP contribution >= 0.6 is 0 Å². The second-order valence-corrected chi connectivity index (χ2v) is 3.88. The fraction of sp³-hybridized carbons (Fsp3) is 0.455. The largest absolute Gasteiger partial charge is 0.573 e. The van der Waals surface area contributed by atoms with E-state index < -0.39 is 12.5 Å². The van der Waals surface area contributed by atoms with Crippen LogP contribution in [0.2, 0.25) is 0 Å². The zero-order chi connectivity index (χ0) is 12.5. The van der Waals surface area contributed by atoms with E-state index in [9.17, 15) is 18.3 Å². The summed E-state index contributed by atoms with van der Waals surface area (Å²) in [6.07, 6.45) is -4.17. The molecular weight excluding hydrogens is 235 g/mol. The van der Waals surface area contributed by atoms with E-state index in [0.717, 1.165) is 6.42 Å². The zero-order valence-electron chi connectivity index (χ0n) is 8.92. The van der Waals surface area contributed by atoms with Crippen molar-refractivity contribution in [3.8, 4) is 5.75 Å². The van der Waals surface area contributed by atoms with Crippen molar-refractivity contribution >= 4 is 5.69 Å². The Morgan fingerprint density at radius 2 is 2.12 bits per heavy atom. The second kappa shape index (κ2) is 4.44. The topological polar surface area (TPSA) is 41.5 Å². The van der Waals surface area contributed by atoms with E-state index in [1.54, 1.807) is 0 Å². The summed E-state index contributed by atoms with van der Waals surface area (Å²) in [7, 11) is 0. The molecule has 0 aromatic heterocycles. The van der Waals surface area contributed by atoms with E-state index in [0.29, 0.717) is 24.2 Å². The molecule has 94 valence electrons. The van der Waals surface area contributed by atoms with Gasteiger partial charge in [-0.3, -0.25) is 0 Å². The number of fused-ring (bicyclic) bond motifs is 1. The van der Waals surface area contributed by atoms with Gasteiger partial charge < -0.3 is 15.2 Å². The molecule has 0 saturated heterocycles. The number of hydrogen-bond donors (Lipinski definition) is 2. The van der Waals surface area contributed by atoms with E-state index in [4.69, 9.17) is 0 Å². The molecule has 2 rings (SSSR count). The molecule has 3 nitrogen and oxygen atoms in total. The number of aliphatic hydroxyl groups excluding tert-OH is 1. The number of halogens is 3. The molecule has 1 aliphatic rings. The molecule has 1 aliphatic heterocycles. The van der Waals surface area contributed by atoms with Gasteiger partial charge in [0.1, 0.15) is 5.75 Å². The lowest BCUT2D eigenvalue weighted by molar-refractivity contribution is -0.274. The number of aliphatic hydroxyl groups is 1. The Morgan fingerprint density at radius 1 is 1.35 bits per heavy atom. The second-order valence-electron chi connectivity index (χ2n) is 3.88. The zero-order valence-corrected chi connectivity index (χ0v) is 8.92. The highest BCUT2D eigenvalue weighted by Crippen LogP contribution is 2.33. The van der Waals surface area contributed by atoms with Gasteiger partial charge in [0.15, 0.2) is 0 Å². The van der Waals surface area contributed by atoms with Crippen molar-refractivity contribution in [3.63, 3.8) is 0 Å². The van der Waals surface area contributed by atoms with Gasteiger partial charge in [0.25, 0.3) is 0 Å². The summed E-state index contributed by atoms with van der Waals surface area (Å²) in [5.41, 5.74) is 1.11. The lowest BCUT2D eigenvalue weighted by atomic mass is 10.0. The first-order valence-electron chi connectivity index (χ1n) is 5.27. The van der Waals surface area contributed by atoms with Crippen molar-refractivity contribution < 1.29 is 23.0 Å². The molecule has 1 atom stereocenters. The highest BCUT2D eigenvalue weighted by molar-refractivity contribution is 5.56. The third-order valence-corrected chi connectivity index (χ3v) is 2.59. The fourth-order valence-corrected chi connectivity index (χ4v) is 1.85. The maximum atomic E-state index is 12.1. The number of alkyl halides is 3. The van der Waals surface area contributed by atoms with Crippen LogP contribution in [0.1, 0.15) is 24.5 Å². The van der Waals surface area contributed by atoms with Crippen molar-refractivity contribution in [2.45, 2.75) is 25.3 Å². The minimum atomic E-state index is -4.71. The van der Waals surface area contributed by atoms with Crippen LogP contribution < -0.4 is 10.1 Å². The van der Waals surface area contributed by atoms with E-state index in [2.05, 4.69) is 10.1 Å². The van der Waals surface area contributed by atoms with Crippen molar-refractivity contribution in [1.29, 1.82) is 0 Å². The standard InChI is InChI=1S/C11H12F3NO2/c12-11(13,14)17-7-3-4-9-8(6-7)10(16)2-1-5-15-9/h3-4,6,10,15-16H,1-2,5H2/t10-/m1/s1. The Balaban J connectivity index is 2.28. The molecule has 1 aromatic carbocycles. The van der Waals surface area contributed by atoms with Crippen LogP contribution in [0.25, 0.3) is 0 Å². The van der Waals surface area contributed by atoms with Crippen LogP contribution in [-0.2, 0) is 0 Å². The third-order valence-electron chi connectivity index (χ3n) is 2.59. The molecule has 0 amide bonds. The highest BCUT2D eigenvalue weighted by atomic mass is 19.4. The molecule has 6 heteroatoms. The van der Waals surface area contributed by atoms with Crippen LogP contribution in [-0.4, -0.2) is 18.0 Å². The van der Waals surface area contributed by atoms with Gasteiger partial charge in [0, 0.05) is 17.8 Å². The summed E-state index contributed by atoms with van der Waals surface area (Å²) < 4.78 is 40.0. The van der Waals surface area contributed by atoms with E-state index in [-0.39, 0.29) is 5.75 Å². The molecule has 2 N–H and O–H groups in total. The lowest BCUT2D eigenvalue weighted by Gasteiger charge is -2.15. The first-order valence-corrected chi connectivity index (χ1v) is 5.27. The smallest absolute Gasteiger partial charge is 0.406 e. The van der Waals surface area contributed by atoms with Gasteiger partial charge in [-0.15, -0.1) is 13.2 Å². The van der Waals surface area contributed by atoms with E-state index in [1.807, 2.05) is 0 Å². The normalized spacial score (nSPS) is 20.1. The average Bonchev–Trinajstić information content (AvgIpc) is 2.39. The van der Waals surface area contributed by atoms with Gasteiger partial charge in [0.2, 0.25) is 0 Å². The third kappa shape index (κ3) is 3.03. The number of ether oxygens (including phenoxy) is 1. The Hall–Kier alpha value is -1.43. The Kier molecular flexibility index (Phi) is 3.15. The first-order chi connectivity index (χ1) is 7.96. The van der Waals surface area contributed by atoms with Crippen LogP contribution in [0, 0.1) is 0 Å². The molecule has 0 fully saturated rings. The Bertz CT molecular complexity index is 406. The van der Waals surface area contributed by atoms with Gasteiger partial charge >= 0.3 is 6.36 Å². The van der Waals surface area contributed by atoms with Gasteiger partial charge in [-0.1, -0.05) is 0 Å². The molecule has 17 heavy (non-hydrogen) atoms. The maximum Gasteiger partial charge on any atom is 0.573 e. The van der Waals surface area contributed by atoms with Crippen LogP contribution in [0.3, 0.4) is 0 Å². The van der Waals surface area contributed by atoms with Crippen LogP contribution in [0.5, 0.6) is 5.75 Å². The quantitative estimate of drug-likeness (QED) is 0.801. The van der Waals surface area contributed by atoms with Gasteiger partial charge in [-0.2, -0.15) is 0 Å². The molecule has 1 aromatic rings. The average molecular weight is 247 g/mol. The van der Waals surface area contributed by atoms with E-state index in [1.165, 1.54) is 18.2 Å². The molecule has 0 spiro atoms. The predicted molar refractivity (Wildman–Crippen MR) is 55.8 cm³/mol. The van der Waals surface area contributed by atoms with Gasteiger partial charge in [-0.25, -0.2) is 0 Å². The number of hydrogen-bond acceptors (Lipinski definition) is 3. The summed E-state index contributed by atoms with van der Waals surface area (Å²) in [6, 6.07) is 3.95. The van der Waals surface area contributed by atoms with Crippen LogP contribution in [0.4, 0.5) is 18.9 Å². The van der Waals surface area contributed by atoms with Crippen molar-refractivity contribution in [1.82, 2.24) is 0 Å². The molecular formula is C11H12F3NO2. The first kappa shape index (κ1) is 12.0. The number of rotatable bonds is 1. The molecule has 0 radical (unpaired) electrons. The van der Waals surface area contributed by atoms with Crippen LogP contribution in [0.15, 0.2) is 18.2 Å². The van der Waals surface area contributed by atoms with Gasteiger partial charge in [-0.05, 0) is 31.0 Å². The fourth-order valence-electron chi connectivity index (χ4n) is 1.85. The summed E-state index contributed by atoms with van der Waals surface area (Å²) in [4.78, 5) is 0. The minimum absolute atomic E-state index is 0.306. The van der Waals surface area contributed by atoms with Crippen molar-refractivity contribution in [3.05, 3.63) is 23.8 Å². The van der Waals surface area contributed by atoms with E-state index >= 15 is 0 Å². The summed E-state index contributed by atoms with van der Waals surface area (Å²) in [5.74, 6) is -0.306. The number of benzene rings is 1. The molecule has 1 heterocycles. The monoisotopic (exact) mass is 247 g/mol. The molecule has 0 bridgehead atoms. The highest BCUT2D eigenvalue weighted by Gasteiger charge is 2.31. The lowest BCUT2D eigenvalue weighted by Crippen LogP contribution is -2.17. The molecule has 0 unspecified atom stereocenters.